The number of rotatable bonds is 12. The second-order valence-corrected chi connectivity index (χ2v) is 5.54. The molecule has 0 radical (unpaired) electrons. The molecule has 24 heavy (non-hydrogen) atoms. The van der Waals surface area contributed by atoms with Crippen LogP contribution in [0.4, 0.5) is 0 Å². The van der Waals surface area contributed by atoms with Gasteiger partial charge in [-0.05, 0) is 0 Å². The molecule has 140 valence electrons. The van der Waals surface area contributed by atoms with Gasteiger partial charge in [-0.3, -0.25) is 4.79 Å². The first kappa shape index (κ1) is 23.0. The van der Waals surface area contributed by atoms with Crippen LogP contribution in [0.5, 0.6) is 0 Å². The topological polar surface area (TPSA) is 151 Å². The van der Waals surface area contributed by atoms with E-state index in [4.69, 9.17) is 28.3 Å². The summed E-state index contributed by atoms with van der Waals surface area (Å²) in [5.74, 6) is -4.65. The fourth-order valence-corrected chi connectivity index (χ4v) is 1.69. The lowest BCUT2D eigenvalue weighted by Gasteiger charge is -2.29. The normalized spacial score (nSPS) is 17.2. The fourth-order valence-electron chi connectivity index (χ4n) is 1.51. The summed E-state index contributed by atoms with van der Waals surface area (Å²) >= 11 is 10.6. The van der Waals surface area contributed by atoms with E-state index in [1.165, 1.54) is 0 Å². The van der Waals surface area contributed by atoms with E-state index in [1.807, 2.05) is 0 Å². The standard InChI is InChI=1S/C13H20Cl2O9/c14-2-9(18)6-23-11(20)1-13(22,8(4-16)5-17)12(21)24-7-10(19)3-15/h4,8-10,17-19,22H,1-3,5-7H2. The molecule has 0 spiro atoms. The second-order valence-electron chi connectivity index (χ2n) is 4.92. The molecule has 9 nitrogen and oxygen atoms in total. The van der Waals surface area contributed by atoms with E-state index >= 15 is 0 Å². The van der Waals surface area contributed by atoms with Crippen LogP contribution in [0.25, 0.3) is 0 Å². The maximum Gasteiger partial charge on any atom is 0.339 e. The Bertz CT molecular complexity index is 420. The first-order valence-electron chi connectivity index (χ1n) is 6.84. The summed E-state index contributed by atoms with van der Waals surface area (Å²) in [6, 6.07) is 0. The van der Waals surface area contributed by atoms with Crippen molar-refractivity contribution in [1.29, 1.82) is 0 Å². The number of esters is 2. The van der Waals surface area contributed by atoms with Gasteiger partial charge < -0.3 is 34.7 Å². The third-order valence-electron chi connectivity index (χ3n) is 2.94. The number of carbonyl (C=O) groups excluding carboxylic acids is 3. The van der Waals surface area contributed by atoms with E-state index in [0.29, 0.717) is 0 Å². The number of halogens is 2. The molecule has 0 saturated carbocycles. The number of aliphatic hydroxyl groups is 4. The van der Waals surface area contributed by atoms with Gasteiger partial charge in [-0.15, -0.1) is 23.2 Å². The monoisotopic (exact) mass is 390 g/mol. The second kappa shape index (κ2) is 11.6. The lowest BCUT2D eigenvalue weighted by Crippen LogP contribution is -2.51. The molecule has 0 aromatic rings. The number of aliphatic hydroxyl groups excluding tert-OH is 3. The molecule has 0 aliphatic heterocycles. The highest BCUT2D eigenvalue weighted by atomic mass is 35.5. The Kier molecular flexibility index (Phi) is 11.1. The molecule has 0 saturated heterocycles. The Morgan fingerprint density at radius 3 is 2.00 bits per heavy atom. The number of hydrogen-bond donors (Lipinski definition) is 4. The fraction of sp³-hybridized carbons (Fsp3) is 0.769. The van der Waals surface area contributed by atoms with Crippen molar-refractivity contribution in [2.24, 2.45) is 5.92 Å². The SMILES string of the molecule is O=CC(CO)C(O)(CC(=O)OCC(O)CCl)C(=O)OCC(O)CCl. The lowest BCUT2D eigenvalue weighted by molar-refractivity contribution is -0.183. The van der Waals surface area contributed by atoms with Crippen LogP contribution < -0.4 is 0 Å². The van der Waals surface area contributed by atoms with Gasteiger partial charge in [0.2, 0.25) is 0 Å². The Morgan fingerprint density at radius 2 is 1.58 bits per heavy atom. The average Bonchev–Trinajstić information content (AvgIpc) is 2.57. The zero-order chi connectivity index (χ0) is 18.8. The summed E-state index contributed by atoms with van der Waals surface area (Å²) < 4.78 is 9.24. The van der Waals surface area contributed by atoms with Gasteiger partial charge in [-0.2, -0.15) is 0 Å². The van der Waals surface area contributed by atoms with Crippen molar-refractivity contribution in [3.63, 3.8) is 0 Å². The van der Waals surface area contributed by atoms with Crippen molar-refractivity contribution >= 4 is 41.4 Å². The van der Waals surface area contributed by atoms with E-state index < -0.39 is 61.9 Å². The average molecular weight is 391 g/mol. The predicted octanol–water partition coefficient (Wildman–Crippen LogP) is -1.80. The van der Waals surface area contributed by atoms with E-state index in [1.54, 1.807) is 0 Å². The number of alkyl halides is 2. The van der Waals surface area contributed by atoms with Gasteiger partial charge in [-0.1, -0.05) is 0 Å². The molecule has 0 bridgehead atoms. The van der Waals surface area contributed by atoms with Gasteiger partial charge in [0.05, 0.1) is 30.7 Å². The lowest BCUT2D eigenvalue weighted by atomic mass is 9.86. The Balaban J connectivity index is 5.03. The maximum atomic E-state index is 12.0. The molecule has 11 heteroatoms. The van der Waals surface area contributed by atoms with Gasteiger partial charge in [0.15, 0.2) is 5.60 Å². The van der Waals surface area contributed by atoms with E-state index in [9.17, 15) is 29.7 Å². The van der Waals surface area contributed by atoms with Gasteiger partial charge in [0, 0.05) is 0 Å². The quantitative estimate of drug-likeness (QED) is 0.172. The Labute approximate surface area is 148 Å². The number of ether oxygens (including phenoxy) is 2. The first-order valence-corrected chi connectivity index (χ1v) is 7.91. The molecule has 0 amide bonds. The van der Waals surface area contributed by atoms with Crippen molar-refractivity contribution in [2.75, 3.05) is 31.6 Å². The highest BCUT2D eigenvalue weighted by molar-refractivity contribution is 6.18. The Morgan fingerprint density at radius 1 is 1.08 bits per heavy atom. The summed E-state index contributed by atoms with van der Waals surface area (Å²) in [7, 11) is 0. The molecule has 4 N–H and O–H groups in total. The minimum atomic E-state index is -2.70. The zero-order valence-electron chi connectivity index (χ0n) is 12.6. The molecule has 0 rings (SSSR count). The summed E-state index contributed by atoms with van der Waals surface area (Å²) in [5.41, 5.74) is -2.70. The summed E-state index contributed by atoms with van der Waals surface area (Å²) in [6.45, 7) is -2.00. The molecule has 0 aromatic heterocycles. The summed E-state index contributed by atoms with van der Waals surface area (Å²) in [5, 5.41) is 37.9. The molecule has 4 unspecified atom stereocenters. The van der Waals surface area contributed by atoms with E-state index in [0.717, 1.165) is 0 Å². The maximum absolute atomic E-state index is 12.0. The van der Waals surface area contributed by atoms with Gasteiger partial charge in [-0.25, -0.2) is 4.79 Å². The molecule has 0 aliphatic carbocycles. The predicted molar refractivity (Wildman–Crippen MR) is 81.6 cm³/mol. The van der Waals surface area contributed by atoms with Crippen LogP contribution in [0.3, 0.4) is 0 Å². The van der Waals surface area contributed by atoms with Crippen LogP contribution in [0.2, 0.25) is 0 Å². The van der Waals surface area contributed by atoms with Crippen molar-refractivity contribution in [1.82, 2.24) is 0 Å². The van der Waals surface area contributed by atoms with Crippen LogP contribution in [0, 0.1) is 5.92 Å². The van der Waals surface area contributed by atoms with Gasteiger partial charge in [0.1, 0.15) is 31.7 Å². The van der Waals surface area contributed by atoms with Gasteiger partial charge >= 0.3 is 11.9 Å². The first-order chi connectivity index (χ1) is 11.2. The Hall–Kier alpha value is -0.970. The van der Waals surface area contributed by atoms with Crippen LogP contribution in [-0.4, -0.2) is 88.0 Å². The van der Waals surface area contributed by atoms with Crippen molar-refractivity contribution in [3.8, 4) is 0 Å². The van der Waals surface area contributed by atoms with Crippen LogP contribution in [0.15, 0.2) is 0 Å². The summed E-state index contributed by atoms with van der Waals surface area (Å²) in [6.07, 6.45) is -3.29. The third kappa shape index (κ3) is 7.29. The van der Waals surface area contributed by atoms with Crippen LogP contribution >= 0.6 is 23.2 Å². The summed E-state index contributed by atoms with van der Waals surface area (Å²) in [4.78, 5) is 34.7. The third-order valence-corrected chi connectivity index (χ3v) is 3.65. The van der Waals surface area contributed by atoms with E-state index in [-0.39, 0.29) is 18.0 Å². The van der Waals surface area contributed by atoms with E-state index in [2.05, 4.69) is 9.47 Å². The van der Waals surface area contributed by atoms with Crippen molar-refractivity contribution in [3.05, 3.63) is 0 Å². The molecule has 0 heterocycles. The van der Waals surface area contributed by atoms with Crippen molar-refractivity contribution in [2.45, 2.75) is 24.2 Å². The van der Waals surface area contributed by atoms with Crippen LogP contribution in [0.1, 0.15) is 6.42 Å². The van der Waals surface area contributed by atoms with Crippen LogP contribution in [-0.2, 0) is 23.9 Å². The smallest absolute Gasteiger partial charge is 0.339 e. The molecule has 0 aromatic carbocycles. The largest absolute Gasteiger partial charge is 0.463 e. The number of carbonyl (C=O) groups is 3. The highest BCUT2D eigenvalue weighted by Gasteiger charge is 2.47. The molecular formula is C13H20Cl2O9. The molecule has 0 aliphatic rings. The highest BCUT2D eigenvalue weighted by Crippen LogP contribution is 2.23. The van der Waals surface area contributed by atoms with Gasteiger partial charge in [0.25, 0.3) is 0 Å². The molecular weight excluding hydrogens is 371 g/mol. The van der Waals surface area contributed by atoms with Crippen molar-refractivity contribution < 1.29 is 44.3 Å². The molecule has 4 atom stereocenters. The minimum absolute atomic E-state index is 0.0835. The zero-order valence-corrected chi connectivity index (χ0v) is 14.1. The number of hydrogen-bond acceptors (Lipinski definition) is 9. The number of aldehydes is 1. The minimum Gasteiger partial charge on any atom is -0.463 e. The molecule has 0 fully saturated rings.